The Morgan fingerprint density at radius 3 is 2.30 bits per heavy atom. The Morgan fingerprint density at radius 2 is 1.90 bits per heavy atom. The van der Waals surface area contributed by atoms with Crippen molar-refractivity contribution in [3.63, 3.8) is 0 Å². The Kier molecular flexibility index (Phi) is 4.51. The Balaban J connectivity index is 2.15. The summed E-state index contributed by atoms with van der Waals surface area (Å²) in [5, 5.41) is 3.22. The smallest absolute Gasteiger partial charge is 0.241 e. The summed E-state index contributed by atoms with van der Waals surface area (Å²) in [6.45, 7) is 1.41. The number of hydrogen-bond acceptors (Lipinski definition) is 3. The van der Waals surface area contributed by atoms with E-state index in [1.54, 1.807) is 12.1 Å². The number of sulfonamides is 1. The third-order valence-corrected chi connectivity index (χ3v) is 6.07. The molecule has 1 amide bonds. The molecule has 2 rings (SSSR count). The molecule has 1 aliphatic rings. The lowest BCUT2D eigenvalue weighted by molar-refractivity contribution is -0.114. The summed E-state index contributed by atoms with van der Waals surface area (Å²) in [7, 11) is -3.53. The molecular formula is C13H17BrN2O3S. The average molecular weight is 361 g/mol. The highest BCUT2D eigenvalue weighted by Crippen LogP contribution is 2.35. The molecule has 0 atom stereocenters. The molecule has 0 bridgehead atoms. The van der Waals surface area contributed by atoms with E-state index in [0.717, 1.165) is 19.3 Å². The van der Waals surface area contributed by atoms with E-state index in [2.05, 4.69) is 26.0 Å². The van der Waals surface area contributed by atoms with Crippen molar-refractivity contribution in [2.75, 3.05) is 10.6 Å². The number of carbonyl (C=O) groups is 1. The molecule has 0 saturated heterocycles. The van der Waals surface area contributed by atoms with Crippen molar-refractivity contribution in [3.05, 3.63) is 24.3 Å². The number of halogens is 1. The Hall–Kier alpha value is -0.920. The van der Waals surface area contributed by atoms with Crippen molar-refractivity contribution in [2.24, 2.45) is 0 Å². The van der Waals surface area contributed by atoms with Crippen LogP contribution in [0.15, 0.2) is 29.2 Å². The maximum absolute atomic E-state index is 12.3. The lowest BCUT2D eigenvalue weighted by Crippen LogP contribution is -2.54. The number of benzene rings is 1. The van der Waals surface area contributed by atoms with Gasteiger partial charge in [0, 0.05) is 23.5 Å². The minimum Gasteiger partial charge on any atom is -0.326 e. The molecule has 1 aromatic rings. The fourth-order valence-corrected chi connectivity index (χ4v) is 4.48. The molecular weight excluding hydrogens is 344 g/mol. The van der Waals surface area contributed by atoms with Crippen molar-refractivity contribution < 1.29 is 13.2 Å². The highest BCUT2D eigenvalue weighted by atomic mass is 79.9. The molecule has 0 heterocycles. The van der Waals surface area contributed by atoms with Crippen LogP contribution in [0, 0.1) is 0 Å². The maximum atomic E-state index is 12.3. The average Bonchev–Trinajstić information content (AvgIpc) is 2.34. The number of hydrogen-bond donors (Lipinski definition) is 2. The van der Waals surface area contributed by atoms with Gasteiger partial charge in [0.05, 0.1) is 4.90 Å². The van der Waals surface area contributed by atoms with Gasteiger partial charge in [-0.1, -0.05) is 15.9 Å². The lowest BCUT2D eigenvalue weighted by Gasteiger charge is -2.40. The van der Waals surface area contributed by atoms with Crippen LogP contribution in [-0.4, -0.2) is 25.2 Å². The standard InChI is InChI=1S/C13H17BrN2O3S/c1-10(17)15-11-3-5-12(6-4-11)20(18,19)16-13(9-14)7-2-8-13/h3-6,16H,2,7-9H2,1H3,(H,15,17). The van der Waals surface area contributed by atoms with Gasteiger partial charge < -0.3 is 5.32 Å². The zero-order valence-electron chi connectivity index (χ0n) is 11.1. The molecule has 1 aromatic carbocycles. The van der Waals surface area contributed by atoms with Crippen LogP contribution < -0.4 is 10.0 Å². The van der Waals surface area contributed by atoms with Crippen molar-refractivity contribution in [1.29, 1.82) is 0 Å². The first kappa shape index (κ1) is 15.5. The van der Waals surface area contributed by atoms with Crippen molar-refractivity contribution in [3.8, 4) is 0 Å². The SMILES string of the molecule is CC(=O)Nc1ccc(S(=O)(=O)NC2(CBr)CCC2)cc1. The molecule has 2 N–H and O–H groups in total. The van der Waals surface area contributed by atoms with Gasteiger partial charge in [-0.25, -0.2) is 13.1 Å². The van der Waals surface area contributed by atoms with Gasteiger partial charge in [-0.3, -0.25) is 4.79 Å². The summed E-state index contributed by atoms with van der Waals surface area (Å²) in [5.74, 6) is -0.188. The van der Waals surface area contributed by atoms with Crippen LogP contribution in [0.2, 0.25) is 0 Å². The van der Waals surface area contributed by atoms with Gasteiger partial charge in [0.25, 0.3) is 0 Å². The Bertz CT molecular complexity index is 589. The van der Waals surface area contributed by atoms with Gasteiger partial charge in [-0.05, 0) is 43.5 Å². The second-order valence-electron chi connectivity index (χ2n) is 5.08. The van der Waals surface area contributed by atoms with Crippen LogP contribution in [0.3, 0.4) is 0 Å². The summed E-state index contributed by atoms with van der Waals surface area (Å²) in [4.78, 5) is 11.1. The van der Waals surface area contributed by atoms with Gasteiger partial charge in [-0.2, -0.15) is 0 Å². The number of anilines is 1. The molecule has 0 aromatic heterocycles. The van der Waals surface area contributed by atoms with Crippen LogP contribution in [0.1, 0.15) is 26.2 Å². The molecule has 5 nitrogen and oxygen atoms in total. The first-order valence-corrected chi connectivity index (χ1v) is 8.95. The van der Waals surface area contributed by atoms with E-state index < -0.39 is 10.0 Å². The predicted octanol–water partition coefficient (Wildman–Crippen LogP) is 2.24. The number of amides is 1. The largest absolute Gasteiger partial charge is 0.326 e. The van der Waals surface area contributed by atoms with E-state index in [1.807, 2.05) is 0 Å². The summed E-state index contributed by atoms with van der Waals surface area (Å²) in [5.41, 5.74) is 0.227. The topological polar surface area (TPSA) is 75.3 Å². The van der Waals surface area contributed by atoms with Gasteiger partial charge in [0.1, 0.15) is 0 Å². The molecule has 20 heavy (non-hydrogen) atoms. The Labute approximate surface area is 127 Å². The highest BCUT2D eigenvalue weighted by molar-refractivity contribution is 9.09. The second-order valence-corrected chi connectivity index (χ2v) is 7.32. The van der Waals surface area contributed by atoms with Crippen LogP contribution >= 0.6 is 15.9 Å². The highest BCUT2D eigenvalue weighted by Gasteiger charge is 2.39. The number of alkyl halides is 1. The van der Waals surface area contributed by atoms with Crippen LogP contribution in [0.25, 0.3) is 0 Å². The first-order valence-electron chi connectivity index (χ1n) is 6.34. The van der Waals surface area contributed by atoms with Crippen LogP contribution in [0.4, 0.5) is 5.69 Å². The molecule has 1 aliphatic carbocycles. The summed E-state index contributed by atoms with van der Waals surface area (Å²) < 4.78 is 27.4. The molecule has 1 saturated carbocycles. The zero-order valence-corrected chi connectivity index (χ0v) is 13.6. The predicted molar refractivity (Wildman–Crippen MR) is 81.4 cm³/mol. The van der Waals surface area contributed by atoms with E-state index >= 15 is 0 Å². The molecule has 0 radical (unpaired) electrons. The summed E-state index contributed by atoms with van der Waals surface area (Å²) in [6.07, 6.45) is 2.73. The third-order valence-electron chi connectivity index (χ3n) is 3.40. The van der Waals surface area contributed by atoms with E-state index in [0.29, 0.717) is 11.0 Å². The van der Waals surface area contributed by atoms with Gasteiger partial charge in [0.15, 0.2) is 0 Å². The second kappa shape index (κ2) is 5.83. The van der Waals surface area contributed by atoms with E-state index in [1.165, 1.54) is 19.1 Å². The fourth-order valence-electron chi connectivity index (χ4n) is 2.13. The maximum Gasteiger partial charge on any atom is 0.241 e. The normalized spacial score (nSPS) is 17.3. The van der Waals surface area contributed by atoms with Crippen molar-refractivity contribution in [1.82, 2.24) is 4.72 Å². The zero-order chi connectivity index (χ0) is 14.8. The van der Waals surface area contributed by atoms with Crippen molar-refractivity contribution >= 4 is 37.5 Å². The quantitative estimate of drug-likeness (QED) is 0.790. The summed E-state index contributed by atoms with van der Waals surface area (Å²) in [6, 6.07) is 6.15. The Morgan fingerprint density at radius 1 is 1.30 bits per heavy atom. The van der Waals surface area contributed by atoms with Crippen LogP contribution in [-0.2, 0) is 14.8 Å². The van der Waals surface area contributed by atoms with Crippen molar-refractivity contribution in [2.45, 2.75) is 36.6 Å². The molecule has 0 spiro atoms. The minimum atomic E-state index is -3.53. The first-order chi connectivity index (χ1) is 9.37. The summed E-state index contributed by atoms with van der Waals surface area (Å²) >= 11 is 3.37. The molecule has 0 unspecified atom stereocenters. The number of carbonyl (C=O) groups excluding carboxylic acids is 1. The lowest BCUT2D eigenvalue weighted by atomic mass is 9.80. The van der Waals surface area contributed by atoms with Gasteiger partial charge >= 0.3 is 0 Å². The van der Waals surface area contributed by atoms with Gasteiger partial charge in [0.2, 0.25) is 15.9 Å². The van der Waals surface area contributed by atoms with Gasteiger partial charge in [-0.15, -0.1) is 0 Å². The monoisotopic (exact) mass is 360 g/mol. The van der Waals surface area contributed by atoms with E-state index in [-0.39, 0.29) is 16.3 Å². The van der Waals surface area contributed by atoms with E-state index in [4.69, 9.17) is 0 Å². The molecule has 7 heteroatoms. The number of rotatable bonds is 5. The van der Waals surface area contributed by atoms with E-state index in [9.17, 15) is 13.2 Å². The number of nitrogens with one attached hydrogen (secondary N) is 2. The molecule has 0 aliphatic heterocycles. The third kappa shape index (κ3) is 3.39. The minimum absolute atomic E-state index is 0.188. The molecule has 110 valence electrons. The van der Waals surface area contributed by atoms with Crippen LogP contribution in [0.5, 0.6) is 0 Å². The fraction of sp³-hybridized carbons (Fsp3) is 0.462. The molecule has 1 fully saturated rings.